The third-order valence-electron chi connectivity index (χ3n) is 23.9. The second-order valence-electron chi connectivity index (χ2n) is 32.2. The lowest BCUT2D eigenvalue weighted by Crippen LogP contribution is -2.63. The largest absolute Gasteiger partial charge is 0.495 e. The number of ether oxygens (including phenoxy) is 10. The Labute approximate surface area is 715 Å². The Bertz CT molecular complexity index is 4360. The molecule has 0 saturated carbocycles. The van der Waals surface area contributed by atoms with Gasteiger partial charge in [0, 0.05) is 130 Å². The van der Waals surface area contributed by atoms with Gasteiger partial charge < -0.3 is 77.2 Å². The van der Waals surface area contributed by atoms with Crippen molar-refractivity contribution in [2.45, 2.75) is 203 Å². The van der Waals surface area contributed by atoms with E-state index in [1.807, 2.05) is 13.8 Å². The predicted octanol–water partition coefficient (Wildman–Crippen LogP) is 5.03. The number of halogens is 2. The highest BCUT2D eigenvalue weighted by Gasteiger charge is 2.66. The lowest BCUT2D eigenvalue weighted by molar-refractivity contribution is -0.168. The highest BCUT2D eigenvalue weighted by molar-refractivity contribution is 6.36. The number of amides is 12. The first-order valence-electron chi connectivity index (χ1n) is 39.8. The van der Waals surface area contributed by atoms with Gasteiger partial charge in [-0.15, -0.1) is 0 Å². The van der Waals surface area contributed by atoms with Crippen molar-refractivity contribution >= 4 is 118 Å². The molecule has 662 valence electrons. The number of fused-ring (bicyclic) bond motifs is 10. The number of aliphatic hydroxyl groups is 2. The summed E-state index contributed by atoms with van der Waals surface area (Å²) in [5, 5.41) is 30.9. The molecule has 0 radical (unpaired) electrons. The number of rotatable bonds is 22. The van der Waals surface area contributed by atoms with E-state index in [1.54, 1.807) is 88.4 Å². The van der Waals surface area contributed by atoms with Crippen LogP contribution in [0, 0.1) is 11.8 Å². The fourth-order valence-electron chi connectivity index (χ4n) is 15.9. The van der Waals surface area contributed by atoms with E-state index in [2.05, 4.69) is 10.6 Å². The topological polar surface area (TPSA) is 428 Å². The molecule has 36 nitrogen and oxygen atoms in total. The van der Waals surface area contributed by atoms with Crippen LogP contribution in [0.1, 0.15) is 118 Å². The number of allylic oxidation sites excluding steroid dienone is 6. The molecular weight excluding hydrogens is 1640 g/mol. The number of imide groups is 2. The summed E-state index contributed by atoms with van der Waals surface area (Å²) in [7, 11) is 10.9. The van der Waals surface area contributed by atoms with Crippen molar-refractivity contribution in [2.24, 2.45) is 11.8 Å². The zero-order chi connectivity index (χ0) is 89.7. The van der Waals surface area contributed by atoms with E-state index in [0.29, 0.717) is 24.0 Å². The average molecular weight is 1740 g/mol. The minimum Gasteiger partial charge on any atom is -0.495 e. The van der Waals surface area contributed by atoms with Crippen LogP contribution in [0.15, 0.2) is 96.2 Å². The Kier molecular flexibility index (Phi) is 29.5. The van der Waals surface area contributed by atoms with Crippen LogP contribution < -0.4 is 29.9 Å². The minimum absolute atomic E-state index is 0.0758. The van der Waals surface area contributed by atoms with Crippen LogP contribution >= 0.6 is 23.2 Å². The van der Waals surface area contributed by atoms with E-state index in [4.69, 9.17) is 70.6 Å². The van der Waals surface area contributed by atoms with Crippen molar-refractivity contribution < 1.29 is 125 Å². The maximum Gasteiger partial charge on any atom is 0.409 e. The molecule has 4 N–H and O–H groups in total. The van der Waals surface area contributed by atoms with Crippen LogP contribution in [-0.4, -0.2) is 289 Å². The van der Waals surface area contributed by atoms with Crippen LogP contribution in [-0.2, 0) is 108 Å². The molecule has 12 amide bonds. The van der Waals surface area contributed by atoms with Gasteiger partial charge in [0.25, 0.3) is 23.6 Å². The maximum atomic E-state index is 15.0. The monoisotopic (exact) mass is 1740 g/mol. The SMILES string of the molecule is COc1cc2cc(c1Cl)N(C)C(=O)C[C@H](OC(=O)[C@H](C)N(C)C(=O)CCN(C(=O)CCN1C(=O)C=CC1=O)N(CCC(=O)N(C)[C@@H](C)C(=O)O[C@H]1CC(=O)N(C)c3cc(cc(OC)c3Cl)C/C(C)=C/C=C/[C@@H](OC)[C@@]3(O)CC(OC(=O)N3)[C@@H](C)[C@H]3OC13C)C(=O)CCN1C(=O)C=CC1=O)C1(C)O[C@@H]1[C@H](C)C1C[C@@](O)(NC(=O)O1)[C@H](OC)/C=C/C=C(\C)C2. The van der Waals surface area contributed by atoms with Gasteiger partial charge in [0.15, 0.2) is 11.4 Å². The van der Waals surface area contributed by atoms with Crippen molar-refractivity contribution in [3.63, 3.8) is 0 Å². The molecule has 2 aromatic carbocycles. The number of methoxy groups -OCH3 is 4. The van der Waals surface area contributed by atoms with Crippen molar-refractivity contribution in [1.29, 1.82) is 0 Å². The van der Waals surface area contributed by atoms with Gasteiger partial charge in [0.2, 0.25) is 35.4 Å². The summed E-state index contributed by atoms with van der Waals surface area (Å²) in [6.07, 6.45) is -0.962. The summed E-state index contributed by atoms with van der Waals surface area (Å²) in [5.74, 6) is -11.4. The number of carbonyl (C=O) groups is 14. The maximum absolute atomic E-state index is 15.0. The lowest BCUT2D eigenvalue weighted by atomic mass is 9.83. The first-order valence-corrected chi connectivity index (χ1v) is 40.6. The summed E-state index contributed by atoms with van der Waals surface area (Å²) < 4.78 is 59.6. The Hall–Kier alpha value is -10.6. The molecule has 4 fully saturated rings. The lowest BCUT2D eigenvalue weighted by Gasteiger charge is -2.42. The second-order valence-corrected chi connectivity index (χ2v) is 32.9. The van der Waals surface area contributed by atoms with Crippen LogP contribution in [0.4, 0.5) is 21.0 Å². The number of nitrogens with zero attached hydrogens (tertiary/aromatic N) is 8. The molecule has 16 atom stereocenters. The smallest absolute Gasteiger partial charge is 0.409 e. The van der Waals surface area contributed by atoms with Gasteiger partial charge in [0.1, 0.15) is 81.5 Å². The summed E-state index contributed by atoms with van der Waals surface area (Å²) in [6.45, 7) is 10.2. The van der Waals surface area contributed by atoms with Gasteiger partial charge in [-0.25, -0.2) is 19.2 Å². The number of anilines is 2. The summed E-state index contributed by atoms with van der Waals surface area (Å²) in [6, 6.07) is 3.74. The first-order chi connectivity index (χ1) is 57.4. The number of alkyl carbamates (subject to hydrolysis) is 2. The first kappa shape index (κ1) is 93.7. The average Bonchev–Trinajstić information content (AvgIpc) is 1.57. The molecule has 0 aromatic heterocycles. The summed E-state index contributed by atoms with van der Waals surface area (Å²) in [5.41, 5.74) is -3.68. The van der Waals surface area contributed by atoms with Crippen molar-refractivity contribution in [1.82, 2.24) is 40.3 Å². The number of likely N-dealkylation sites (N-methyl/N-ethyl adjacent to an activating group) is 2. The molecule has 8 aliphatic rings. The van der Waals surface area contributed by atoms with Gasteiger partial charge in [-0.05, 0) is 89.8 Å². The molecule has 4 saturated heterocycles. The van der Waals surface area contributed by atoms with Gasteiger partial charge in [-0.3, -0.25) is 78.4 Å². The number of epoxide rings is 2. The van der Waals surface area contributed by atoms with Crippen molar-refractivity contribution in [3.8, 4) is 11.5 Å². The summed E-state index contributed by atoms with van der Waals surface area (Å²) >= 11 is 13.8. The molecule has 38 heteroatoms. The molecule has 8 bridgehead atoms. The zero-order valence-electron chi connectivity index (χ0n) is 70.9. The normalized spacial score (nSPS) is 29.8. The van der Waals surface area contributed by atoms with Crippen LogP contribution in [0.2, 0.25) is 10.0 Å². The third kappa shape index (κ3) is 20.7. The fraction of sp³-hybridized carbons (Fsp3) is 0.548. The van der Waals surface area contributed by atoms with Crippen LogP contribution in [0.25, 0.3) is 0 Å². The standard InChI is InChI=1S/C84H106Cl2N10O26/c1-45-19-17-21-59(115-15)83(111)43-57(117-79(109)87-83)47(3)75-81(7,121-75)61(41-71(105)91(11)53-37-51(35-45)39-55(113-13)73(53)85)119-77(107)49(5)89(9)63(97)29-33-95(69(103)27-31-93-65(99)23-24-66(93)100)96(70(104)28-32-94-67(101)25-26-68(94)102)34-30-64(98)90(10)50(6)78(108)120-62-42-72(106)92(12)54-38-52(40-56(114-14)74(54)86)36-46(2)20-18-22-60(116-16)84(112)44-58(118-80(110)88-84)48(4)76-82(62,8)122-76/h17-26,37-40,47-50,57-62,75-76,111-112H,27-36,41-44H2,1-16H3,(H,87,109)(H,88,110)/b21-17+,22-18+,45-19+,46-20+/t47-,48-,49+,50+,57?,58?,59-,60-,61+,62+,75-,76-,81?,82?,83+,84+/m1/s1. The molecule has 0 aliphatic carbocycles. The summed E-state index contributed by atoms with van der Waals surface area (Å²) in [4.78, 5) is 203. The van der Waals surface area contributed by atoms with Crippen LogP contribution in [0.5, 0.6) is 11.5 Å². The van der Waals surface area contributed by atoms with Crippen LogP contribution in [0.3, 0.4) is 0 Å². The number of hydrogen-bond acceptors (Lipinski definition) is 26. The quantitative estimate of drug-likeness (QED) is 0.0395. The van der Waals surface area contributed by atoms with Gasteiger partial charge in [-0.1, -0.05) is 84.7 Å². The molecule has 122 heavy (non-hydrogen) atoms. The molecular formula is C84H106Cl2N10O26. The predicted molar refractivity (Wildman–Crippen MR) is 436 cm³/mol. The molecule has 8 aliphatic heterocycles. The molecule has 2 aromatic rings. The number of hydrogen-bond donors (Lipinski definition) is 4. The number of esters is 2. The Balaban J connectivity index is 0.906. The number of hydrazine groups is 1. The Morgan fingerprint density at radius 2 is 0.893 bits per heavy atom. The Morgan fingerprint density at radius 3 is 1.22 bits per heavy atom. The van der Waals surface area contributed by atoms with Crippen molar-refractivity contribution in [2.75, 3.05) is 92.6 Å². The van der Waals surface area contributed by atoms with Crippen molar-refractivity contribution in [3.05, 3.63) is 117 Å². The fourth-order valence-corrected chi connectivity index (χ4v) is 16.6. The van der Waals surface area contributed by atoms with E-state index < -0.39 is 243 Å². The number of nitrogens with one attached hydrogen (secondary N) is 2. The second kappa shape index (κ2) is 38.4. The Morgan fingerprint density at radius 1 is 0.549 bits per heavy atom. The molecule has 8 heterocycles. The van der Waals surface area contributed by atoms with E-state index in [9.17, 15) is 77.3 Å². The molecule has 0 spiro atoms. The number of carbonyl (C=O) groups excluding carboxylic acids is 14. The van der Waals surface area contributed by atoms with Gasteiger partial charge >= 0.3 is 24.1 Å². The van der Waals surface area contributed by atoms with Gasteiger partial charge in [0.05, 0.1) is 63.7 Å². The third-order valence-corrected chi connectivity index (χ3v) is 24.7. The number of benzene rings is 2. The zero-order valence-corrected chi connectivity index (χ0v) is 72.4. The van der Waals surface area contributed by atoms with E-state index in [-0.39, 0.29) is 45.8 Å². The van der Waals surface area contributed by atoms with E-state index >= 15 is 0 Å². The van der Waals surface area contributed by atoms with E-state index in [0.717, 1.165) is 65.1 Å². The molecule has 10 rings (SSSR count). The highest BCUT2D eigenvalue weighted by Crippen LogP contribution is 2.52. The highest BCUT2D eigenvalue weighted by atomic mass is 35.5. The van der Waals surface area contributed by atoms with Gasteiger partial charge in [-0.2, -0.15) is 0 Å². The van der Waals surface area contributed by atoms with E-state index in [1.165, 1.54) is 80.3 Å². The molecule has 4 unspecified atom stereocenters. The minimum atomic E-state index is -2.01.